The number of phenolic OH excluding ortho intramolecular Hbond substituents is 1. The molecule has 2 fully saturated rings. The first-order chi connectivity index (χ1) is 16.9. The van der Waals surface area contributed by atoms with Crippen molar-refractivity contribution in [2.24, 2.45) is 0 Å². The molecule has 1 atom stereocenters. The monoisotopic (exact) mass is 480 g/mol. The van der Waals surface area contributed by atoms with Crippen LogP contribution in [-0.4, -0.2) is 77.7 Å². The maximum absolute atomic E-state index is 13.2. The lowest BCUT2D eigenvalue weighted by Gasteiger charge is -2.29. The van der Waals surface area contributed by atoms with Crippen molar-refractivity contribution in [3.8, 4) is 11.5 Å². The number of ketones is 1. The van der Waals surface area contributed by atoms with Crippen molar-refractivity contribution in [2.75, 3.05) is 46.0 Å². The quantitative estimate of drug-likeness (QED) is 0.340. The lowest BCUT2D eigenvalue weighted by atomic mass is 9.94. The minimum atomic E-state index is -0.768. The maximum Gasteiger partial charge on any atom is 0.295 e. The van der Waals surface area contributed by atoms with Gasteiger partial charge in [0.1, 0.15) is 17.3 Å². The summed E-state index contributed by atoms with van der Waals surface area (Å²) in [6.45, 7) is 8.44. The van der Waals surface area contributed by atoms with Gasteiger partial charge >= 0.3 is 0 Å². The Kier molecular flexibility index (Phi) is 7.73. The first-order valence-electron chi connectivity index (χ1n) is 12.0. The second-order valence-corrected chi connectivity index (χ2v) is 8.82. The summed E-state index contributed by atoms with van der Waals surface area (Å²) < 4.78 is 10.9. The van der Waals surface area contributed by atoms with Crippen molar-refractivity contribution in [3.05, 3.63) is 64.7 Å². The summed E-state index contributed by atoms with van der Waals surface area (Å²) in [5.41, 5.74) is 1.60. The Balaban J connectivity index is 1.70. The average molecular weight is 481 g/mol. The Hall–Kier alpha value is -3.36. The van der Waals surface area contributed by atoms with Crippen LogP contribution < -0.4 is 4.74 Å². The molecule has 0 spiro atoms. The maximum atomic E-state index is 13.2. The van der Waals surface area contributed by atoms with E-state index in [2.05, 4.69) is 4.90 Å². The van der Waals surface area contributed by atoms with Gasteiger partial charge in [0, 0.05) is 26.2 Å². The molecule has 0 radical (unpaired) electrons. The third-order valence-electron chi connectivity index (χ3n) is 6.43. The standard InChI is InChI=1S/C27H32N2O6/c1-3-35-20-8-6-19(7-9-20)24-23(25(31)21-17-18(2)5-10-22(21)30)26(32)27(33)29(24)12-4-11-28-13-15-34-16-14-28/h5-10,17,24,30-31H,3-4,11-16H2,1-2H3/b25-23+. The third-order valence-corrected chi connectivity index (χ3v) is 6.43. The Bertz CT molecular complexity index is 1110. The molecule has 2 aliphatic heterocycles. The first-order valence-corrected chi connectivity index (χ1v) is 12.0. The van der Waals surface area contributed by atoms with Gasteiger partial charge in [0.05, 0.1) is 37.0 Å². The van der Waals surface area contributed by atoms with Crippen molar-refractivity contribution in [2.45, 2.75) is 26.3 Å². The molecule has 0 saturated carbocycles. The zero-order valence-corrected chi connectivity index (χ0v) is 20.2. The van der Waals surface area contributed by atoms with Crippen LogP contribution in [0.15, 0.2) is 48.0 Å². The van der Waals surface area contributed by atoms with Gasteiger partial charge in [-0.3, -0.25) is 14.5 Å². The SMILES string of the molecule is CCOc1ccc(C2/C(=C(\O)c3cc(C)ccc3O)C(=O)C(=O)N2CCCN2CCOCC2)cc1. The summed E-state index contributed by atoms with van der Waals surface area (Å²) in [6.07, 6.45) is 0.677. The van der Waals surface area contributed by atoms with E-state index in [9.17, 15) is 19.8 Å². The fraction of sp³-hybridized carbons (Fsp3) is 0.407. The molecule has 2 aromatic carbocycles. The molecule has 0 aliphatic carbocycles. The zero-order valence-electron chi connectivity index (χ0n) is 20.2. The number of benzene rings is 2. The number of aryl methyl sites for hydroxylation is 1. The number of carbonyl (C=O) groups excluding carboxylic acids is 2. The van der Waals surface area contributed by atoms with Crippen molar-refractivity contribution in [3.63, 3.8) is 0 Å². The van der Waals surface area contributed by atoms with E-state index in [0.717, 1.165) is 25.2 Å². The molecule has 35 heavy (non-hydrogen) atoms. The smallest absolute Gasteiger partial charge is 0.295 e. The zero-order chi connectivity index (χ0) is 24.9. The van der Waals surface area contributed by atoms with Crippen molar-refractivity contribution in [1.82, 2.24) is 9.80 Å². The Labute approximate surface area is 205 Å². The topological polar surface area (TPSA) is 99.5 Å². The number of amides is 1. The van der Waals surface area contributed by atoms with Crippen molar-refractivity contribution < 1.29 is 29.3 Å². The molecular weight excluding hydrogens is 448 g/mol. The van der Waals surface area contributed by atoms with Crippen LogP contribution in [0.1, 0.15) is 36.1 Å². The van der Waals surface area contributed by atoms with E-state index in [4.69, 9.17) is 9.47 Å². The summed E-state index contributed by atoms with van der Waals surface area (Å²) >= 11 is 0. The fourth-order valence-corrected chi connectivity index (χ4v) is 4.64. The number of rotatable bonds is 8. The van der Waals surface area contributed by atoms with E-state index in [-0.39, 0.29) is 22.6 Å². The van der Waals surface area contributed by atoms with Gasteiger partial charge in [0.2, 0.25) is 0 Å². The Morgan fingerprint density at radius 1 is 1.09 bits per heavy atom. The minimum absolute atomic E-state index is 0.0218. The van der Waals surface area contributed by atoms with Gasteiger partial charge in [-0.05, 0) is 50.1 Å². The number of aliphatic hydroxyl groups is 1. The van der Waals surface area contributed by atoms with Crippen LogP contribution in [-0.2, 0) is 14.3 Å². The van der Waals surface area contributed by atoms with Crippen LogP contribution >= 0.6 is 0 Å². The summed E-state index contributed by atoms with van der Waals surface area (Å²) in [5.74, 6) is -1.26. The number of morpholine rings is 1. The number of aromatic hydroxyl groups is 1. The summed E-state index contributed by atoms with van der Waals surface area (Å²) in [4.78, 5) is 30.2. The number of hydrogen-bond donors (Lipinski definition) is 2. The number of aliphatic hydroxyl groups excluding tert-OH is 1. The van der Waals surface area contributed by atoms with E-state index in [0.29, 0.717) is 44.1 Å². The molecule has 2 N–H and O–H groups in total. The predicted molar refractivity (Wildman–Crippen MR) is 131 cm³/mol. The second kappa shape index (κ2) is 10.9. The van der Waals surface area contributed by atoms with Crippen LogP contribution in [0, 0.1) is 6.92 Å². The Morgan fingerprint density at radius 2 is 1.80 bits per heavy atom. The molecule has 8 nitrogen and oxygen atoms in total. The van der Waals surface area contributed by atoms with E-state index in [1.54, 1.807) is 36.4 Å². The van der Waals surface area contributed by atoms with Gasteiger partial charge < -0.3 is 24.6 Å². The summed E-state index contributed by atoms with van der Waals surface area (Å²) in [7, 11) is 0. The number of nitrogens with zero attached hydrogens (tertiary/aromatic N) is 2. The normalized spacial score (nSPS) is 20.4. The highest BCUT2D eigenvalue weighted by atomic mass is 16.5. The molecule has 2 aromatic rings. The van der Waals surface area contributed by atoms with E-state index >= 15 is 0 Å². The number of hydrogen-bond acceptors (Lipinski definition) is 7. The number of likely N-dealkylation sites (tertiary alicyclic amines) is 1. The lowest BCUT2D eigenvalue weighted by molar-refractivity contribution is -0.140. The Morgan fingerprint density at radius 3 is 2.49 bits per heavy atom. The van der Waals surface area contributed by atoms with E-state index in [1.807, 2.05) is 13.8 Å². The van der Waals surface area contributed by atoms with Crippen LogP contribution in [0.25, 0.3) is 5.76 Å². The van der Waals surface area contributed by atoms with Gasteiger partial charge in [-0.2, -0.15) is 0 Å². The van der Waals surface area contributed by atoms with Crippen LogP contribution in [0.3, 0.4) is 0 Å². The predicted octanol–water partition coefficient (Wildman–Crippen LogP) is 3.24. The van der Waals surface area contributed by atoms with Gasteiger partial charge in [-0.25, -0.2) is 0 Å². The van der Waals surface area contributed by atoms with Crippen LogP contribution in [0.2, 0.25) is 0 Å². The number of ether oxygens (including phenoxy) is 2. The highest BCUT2D eigenvalue weighted by Gasteiger charge is 2.46. The molecule has 186 valence electrons. The fourth-order valence-electron chi connectivity index (χ4n) is 4.64. The molecule has 8 heteroatoms. The van der Waals surface area contributed by atoms with Crippen molar-refractivity contribution in [1.29, 1.82) is 0 Å². The second-order valence-electron chi connectivity index (χ2n) is 8.82. The van der Waals surface area contributed by atoms with Crippen molar-refractivity contribution >= 4 is 17.4 Å². The molecule has 0 aromatic heterocycles. The molecule has 2 heterocycles. The summed E-state index contributed by atoms with van der Waals surface area (Å²) in [5, 5.41) is 21.6. The number of phenols is 1. The third kappa shape index (κ3) is 5.33. The molecule has 4 rings (SSSR count). The number of carbonyl (C=O) groups is 2. The number of Topliss-reactive ketones (excluding diaryl/α,β-unsaturated/α-hetero) is 1. The summed E-state index contributed by atoms with van der Waals surface area (Å²) in [6, 6.07) is 11.2. The molecule has 2 aliphatic rings. The van der Waals surface area contributed by atoms with E-state index < -0.39 is 17.7 Å². The van der Waals surface area contributed by atoms with Crippen LogP contribution in [0.5, 0.6) is 11.5 Å². The molecule has 1 unspecified atom stereocenters. The average Bonchev–Trinajstić information content (AvgIpc) is 3.11. The molecule has 1 amide bonds. The van der Waals surface area contributed by atoms with Crippen LogP contribution in [0.4, 0.5) is 0 Å². The largest absolute Gasteiger partial charge is 0.507 e. The first kappa shape index (κ1) is 24.8. The van der Waals surface area contributed by atoms with E-state index in [1.165, 1.54) is 11.0 Å². The highest BCUT2D eigenvalue weighted by Crippen LogP contribution is 2.41. The molecule has 0 bridgehead atoms. The van der Waals surface area contributed by atoms with Gasteiger partial charge in [-0.1, -0.05) is 23.8 Å². The van der Waals surface area contributed by atoms with Gasteiger partial charge in [0.25, 0.3) is 11.7 Å². The van der Waals surface area contributed by atoms with Gasteiger partial charge in [0.15, 0.2) is 0 Å². The lowest BCUT2D eigenvalue weighted by Crippen LogP contribution is -2.38. The van der Waals surface area contributed by atoms with Gasteiger partial charge in [-0.15, -0.1) is 0 Å². The molecule has 2 saturated heterocycles. The highest BCUT2D eigenvalue weighted by molar-refractivity contribution is 6.46. The molecular formula is C27H32N2O6. The minimum Gasteiger partial charge on any atom is -0.507 e.